The van der Waals surface area contributed by atoms with Crippen LogP contribution in [-0.2, 0) is 13.1 Å². The normalized spacial score (nSPS) is 10.9. The van der Waals surface area contributed by atoms with Gasteiger partial charge in [-0.2, -0.15) is 4.68 Å². The molecule has 21 heavy (non-hydrogen) atoms. The van der Waals surface area contributed by atoms with Crippen LogP contribution in [0.1, 0.15) is 17.0 Å². The highest BCUT2D eigenvalue weighted by molar-refractivity contribution is 5.44. The van der Waals surface area contributed by atoms with Crippen molar-refractivity contribution in [3.63, 3.8) is 0 Å². The average Bonchev–Trinajstić information content (AvgIpc) is 3.09. The van der Waals surface area contributed by atoms with Gasteiger partial charge in [-0.3, -0.25) is 4.98 Å². The van der Waals surface area contributed by atoms with Gasteiger partial charge in [-0.1, -0.05) is 11.3 Å². The van der Waals surface area contributed by atoms with Crippen LogP contribution in [-0.4, -0.2) is 30.3 Å². The Bertz CT molecular complexity index is 734. The van der Waals surface area contributed by atoms with Crippen LogP contribution in [0.3, 0.4) is 0 Å². The molecule has 9 heteroatoms. The molecule has 0 fully saturated rings. The number of nitrogens with two attached hydrogens (primary N) is 1. The van der Waals surface area contributed by atoms with E-state index >= 15 is 0 Å². The molecular formula is C12H14N8O. The van der Waals surface area contributed by atoms with Crippen LogP contribution in [0.25, 0.3) is 5.82 Å². The molecule has 0 aliphatic carbocycles. The summed E-state index contributed by atoms with van der Waals surface area (Å²) in [6.45, 7) is 3.22. The minimum absolute atomic E-state index is 0.171. The topological polar surface area (TPSA) is 121 Å². The Kier molecular flexibility index (Phi) is 3.56. The number of aryl methyl sites for hydroxylation is 1. The molecular weight excluding hydrogens is 272 g/mol. The van der Waals surface area contributed by atoms with Crippen molar-refractivity contribution in [1.29, 1.82) is 0 Å². The van der Waals surface area contributed by atoms with Gasteiger partial charge in [-0.05, 0) is 28.9 Å². The zero-order valence-electron chi connectivity index (χ0n) is 11.4. The van der Waals surface area contributed by atoms with Crippen LogP contribution in [0, 0.1) is 6.92 Å². The zero-order valence-corrected chi connectivity index (χ0v) is 11.4. The van der Waals surface area contributed by atoms with Gasteiger partial charge >= 0.3 is 0 Å². The van der Waals surface area contributed by atoms with E-state index < -0.39 is 0 Å². The van der Waals surface area contributed by atoms with E-state index in [1.54, 1.807) is 12.4 Å². The molecule has 3 aromatic rings. The number of nitrogens with zero attached hydrogens (tertiary/aromatic N) is 6. The van der Waals surface area contributed by atoms with Crippen molar-refractivity contribution < 1.29 is 4.63 Å². The maximum atomic E-state index is 5.66. The van der Waals surface area contributed by atoms with Gasteiger partial charge in [0.15, 0.2) is 0 Å². The summed E-state index contributed by atoms with van der Waals surface area (Å²) in [5.74, 6) is 0.506. The number of rotatable bonds is 5. The van der Waals surface area contributed by atoms with Gasteiger partial charge < -0.3 is 11.1 Å². The second-order valence-corrected chi connectivity index (χ2v) is 4.46. The minimum atomic E-state index is 0.171. The summed E-state index contributed by atoms with van der Waals surface area (Å²) < 4.78 is 6.07. The summed E-state index contributed by atoms with van der Waals surface area (Å²) in [4.78, 5) is 4.25. The molecule has 3 rings (SSSR count). The SMILES string of the molecule is Cc1ncccc1CNCc1cnnn1-c1nonc1N. The molecule has 9 nitrogen and oxygen atoms in total. The molecule has 0 bridgehead atoms. The maximum Gasteiger partial charge on any atom is 0.243 e. The third-order valence-electron chi connectivity index (χ3n) is 3.05. The third kappa shape index (κ3) is 2.72. The highest BCUT2D eigenvalue weighted by atomic mass is 16.6. The van der Waals surface area contributed by atoms with Gasteiger partial charge in [0.1, 0.15) is 0 Å². The third-order valence-corrected chi connectivity index (χ3v) is 3.05. The number of nitrogen functional groups attached to an aromatic ring is 1. The second-order valence-electron chi connectivity index (χ2n) is 4.46. The highest BCUT2D eigenvalue weighted by Gasteiger charge is 2.14. The van der Waals surface area contributed by atoms with Crippen molar-refractivity contribution in [3.05, 3.63) is 41.5 Å². The molecule has 0 atom stereocenters. The standard InChI is InChI=1S/C12H14N8O/c1-8-9(3-2-4-15-8)5-14-6-10-7-16-19-20(10)12-11(13)17-21-18-12/h2-4,7,14H,5-6H2,1H3,(H2,13,17). The number of aromatic nitrogens is 6. The van der Waals surface area contributed by atoms with Crippen LogP contribution in [0.5, 0.6) is 0 Å². The highest BCUT2D eigenvalue weighted by Crippen LogP contribution is 2.12. The molecule has 0 aliphatic rings. The van der Waals surface area contributed by atoms with Crippen molar-refractivity contribution in [2.24, 2.45) is 0 Å². The molecule has 0 spiro atoms. The summed E-state index contributed by atoms with van der Waals surface area (Å²) in [7, 11) is 0. The molecule has 0 amide bonds. The first kappa shape index (κ1) is 13.2. The lowest BCUT2D eigenvalue weighted by atomic mass is 10.2. The fraction of sp³-hybridized carbons (Fsp3) is 0.250. The largest absolute Gasteiger partial charge is 0.378 e. The van der Waals surface area contributed by atoms with Gasteiger partial charge in [-0.15, -0.1) is 5.10 Å². The fourth-order valence-corrected chi connectivity index (χ4v) is 1.92. The average molecular weight is 286 g/mol. The number of nitrogens with one attached hydrogen (secondary N) is 1. The van der Waals surface area contributed by atoms with Crippen LogP contribution in [0.2, 0.25) is 0 Å². The lowest BCUT2D eigenvalue weighted by Gasteiger charge is -2.07. The lowest BCUT2D eigenvalue weighted by Crippen LogP contribution is -2.17. The number of anilines is 1. The van der Waals surface area contributed by atoms with E-state index in [4.69, 9.17) is 5.73 Å². The van der Waals surface area contributed by atoms with Crippen molar-refractivity contribution in [2.45, 2.75) is 20.0 Å². The van der Waals surface area contributed by atoms with Crippen LogP contribution in [0.15, 0.2) is 29.2 Å². The molecule has 3 aromatic heterocycles. The molecule has 0 aliphatic heterocycles. The molecule has 0 saturated carbocycles. The predicted molar refractivity (Wildman–Crippen MR) is 73.1 cm³/mol. The number of hydrogen-bond donors (Lipinski definition) is 2. The second kappa shape index (κ2) is 5.67. The van der Waals surface area contributed by atoms with Crippen LogP contribution < -0.4 is 11.1 Å². The molecule has 3 heterocycles. The summed E-state index contributed by atoms with van der Waals surface area (Å²) >= 11 is 0. The van der Waals surface area contributed by atoms with E-state index in [0.29, 0.717) is 18.9 Å². The van der Waals surface area contributed by atoms with E-state index in [2.05, 4.69) is 35.6 Å². The monoisotopic (exact) mass is 286 g/mol. The summed E-state index contributed by atoms with van der Waals surface area (Å²) in [6.07, 6.45) is 3.41. The number of pyridine rings is 1. The van der Waals surface area contributed by atoms with Crippen LogP contribution >= 0.6 is 0 Å². The van der Waals surface area contributed by atoms with E-state index in [-0.39, 0.29) is 5.82 Å². The molecule has 0 aromatic carbocycles. The summed E-state index contributed by atoms with van der Waals surface area (Å²) in [6, 6.07) is 3.95. The van der Waals surface area contributed by atoms with E-state index in [0.717, 1.165) is 17.0 Å². The Labute approximate surface area is 120 Å². The zero-order chi connectivity index (χ0) is 14.7. The Morgan fingerprint density at radius 1 is 1.33 bits per heavy atom. The molecule has 3 N–H and O–H groups in total. The van der Waals surface area contributed by atoms with Crippen molar-refractivity contribution in [3.8, 4) is 5.82 Å². The molecule has 0 radical (unpaired) electrons. The molecule has 108 valence electrons. The molecule has 0 saturated heterocycles. The fourth-order valence-electron chi connectivity index (χ4n) is 1.92. The maximum absolute atomic E-state index is 5.66. The van der Waals surface area contributed by atoms with Gasteiger partial charge in [0.05, 0.1) is 11.9 Å². The Hall–Kier alpha value is -2.81. The first-order valence-corrected chi connectivity index (χ1v) is 6.35. The lowest BCUT2D eigenvalue weighted by molar-refractivity contribution is 0.306. The van der Waals surface area contributed by atoms with Crippen molar-refractivity contribution in [2.75, 3.05) is 5.73 Å². The summed E-state index contributed by atoms with van der Waals surface area (Å²) in [5.41, 5.74) is 8.60. The smallest absolute Gasteiger partial charge is 0.243 e. The van der Waals surface area contributed by atoms with E-state index in [1.165, 1.54) is 4.68 Å². The number of hydrogen-bond acceptors (Lipinski definition) is 8. The quantitative estimate of drug-likeness (QED) is 0.683. The van der Waals surface area contributed by atoms with Gasteiger partial charge in [0.25, 0.3) is 0 Å². The van der Waals surface area contributed by atoms with Gasteiger partial charge in [0, 0.05) is 25.0 Å². The van der Waals surface area contributed by atoms with E-state index in [9.17, 15) is 0 Å². The Morgan fingerprint density at radius 3 is 3.00 bits per heavy atom. The summed E-state index contributed by atoms with van der Waals surface area (Å²) in [5, 5.41) is 18.3. The van der Waals surface area contributed by atoms with Crippen molar-refractivity contribution in [1.82, 2.24) is 35.6 Å². The van der Waals surface area contributed by atoms with Gasteiger partial charge in [-0.25, -0.2) is 4.63 Å². The first-order chi connectivity index (χ1) is 10.3. The van der Waals surface area contributed by atoms with Crippen LogP contribution in [0.4, 0.5) is 5.82 Å². The van der Waals surface area contributed by atoms with Crippen molar-refractivity contribution >= 4 is 5.82 Å². The Balaban J connectivity index is 1.69. The molecule has 0 unspecified atom stereocenters. The van der Waals surface area contributed by atoms with E-state index in [1.807, 2.05) is 19.1 Å². The Morgan fingerprint density at radius 2 is 2.24 bits per heavy atom. The minimum Gasteiger partial charge on any atom is -0.378 e. The first-order valence-electron chi connectivity index (χ1n) is 6.35. The predicted octanol–water partition coefficient (Wildman–Crippen LogP) is 0.226. The van der Waals surface area contributed by atoms with Gasteiger partial charge in [0.2, 0.25) is 11.6 Å².